The van der Waals surface area contributed by atoms with Crippen LogP contribution in [0.4, 0.5) is 10.5 Å². The number of rotatable bonds is 5. The Hall–Kier alpha value is -1.70. The first-order chi connectivity index (χ1) is 11.7. The lowest BCUT2D eigenvalue weighted by atomic mass is 9.91. The summed E-state index contributed by atoms with van der Waals surface area (Å²) >= 11 is 12.2. The fourth-order valence-electron chi connectivity index (χ4n) is 2.94. The molecule has 1 aliphatic rings. The number of ether oxygens (including phenoxy) is 2. The van der Waals surface area contributed by atoms with Crippen molar-refractivity contribution in [3.05, 3.63) is 28.2 Å². The summed E-state index contributed by atoms with van der Waals surface area (Å²) in [5, 5.41) is 11.3. The van der Waals surface area contributed by atoms with Gasteiger partial charge in [0.15, 0.2) is 11.3 Å². The number of halogens is 2. The van der Waals surface area contributed by atoms with E-state index in [9.17, 15) is 9.59 Å². The number of hydrazine groups is 1. The number of esters is 1. The van der Waals surface area contributed by atoms with E-state index in [4.69, 9.17) is 37.8 Å². The molecule has 0 spiro atoms. The predicted molar refractivity (Wildman–Crippen MR) is 93.9 cm³/mol. The zero-order valence-corrected chi connectivity index (χ0v) is 15.6. The van der Waals surface area contributed by atoms with Crippen LogP contribution < -0.4 is 10.4 Å². The van der Waals surface area contributed by atoms with E-state index >= 15 is 0 Å². The topological polar surface area (TPSA) is 88.1 Å². The maximum absolute atomic E-state index is 12.6. The van der Waals surface area contributed by atoms with E-state index in [1.165, 1.54) is 11.1 Å². The number of carbonyl (C=O) groups is 2. The minimum atomic E-state index is -1.44. The van der Waals surface area contributed by atoms with Crippen LogP contribution in [0.2, 0.25) is 10.0 Å². The third kappa shape index (κ3) is 3.78. The second-order valence-electron chi connectivity index (χ2n) is 5.93. The highest BCUT2D eigenvalue weighted by Gasteiger charge is 2.58. The summed E-state index contributed by atoms with van der Waals surface area (Å²) in [6, 6.07) is 4.80. The molecule has 1 heterocycles. The Kier molecular flexibility index (Phi) is 5.71. The van der Waals surface area contributed by atoms with Crippen molar-refractivity contribution in [3.63, 3.8) is 0 Å². The summed E-state index contributed by atoms with van der Waals surface area (Å²) in [5.74, 6) is -0.516. The molecule has 0 aromatic heterocycles. The quantitative estimate of drug-likeness (QED) is 0.738. The van der Waals surface area contributed by atoms with Crippen molar-refractivity contribution in [1.82, 2.24) is 5.43 Å². The minimum Gasteiger partial charge on any atom is -0.464 e. The molecule has 7 nitrogen and oxygen atoms in total. The monoisotopic (exact) mass is 390 g/mol. The van der Waals surface area contributed by atoms with E-state index in [0.717, 1.165) is 0 Å². The summed E-state index contributed by atoms with van der Waals surface area (Å²) in [5.41, 5.74) is 0.953. The molecule has 0 amide bonds. The van der Waals surface area contributed by atoms with Crippen LogP contribution in [0.3, 0.4) is 0 Å². The average Bonchev–Trinajstić information content (AvgIpc) is 2.81. The lowest BCUT2D eigenvalue weighted by molar-refractivity contribution is -0.149. The summed E-state index contributed by atoms with van der Waals surface area (Å²) in [6.07, 6.45) is -1.08. The highest BCUT2D eigenvalue weighted by Crippen LogP contribution is 2.43. The fraction of sp³-hybridized carbons (Fsp3) is 0.500. The molecule has 0 aliphatic carbocycles. The van der Waals surface area contributed by atoms with Gasteiger partial charge in [0.2, 0.25) is 0 Å². The molecule has 2 N–H and O–H groups in total. The molecular formula is C16H20Cl2N2O5. The van der Waals surface area contributed by atoms with Crippen molar-refractivity contribution in [3.8, 4) is 0 Å². The van der Waals surface area contributed by atoms with Gasteiger partial charge in [0.05, 0.1) is 17.3 Å². The van der Waals surface area contributed by atoms with Gasteiger partial charge in [-0.05, 0) is 32.0 Å². The van der Waals surface area contributed by atoms with Gasteiger partial charge in [0.25, 0.3) is 0 Å². The first-order valence-corrected chi connectivity index (χ1v) is 8.55. The van der Waals surface area contributed by atoms with Gasteiger partial charge in [0, 0.05) is 17.9 Å². The van der Waals surface area contributed by atoms with Gasteiger partial charge in [-0.2, -0.15) is 5.43 Å². The number of hydrogen-bond donors (Lipinski definition) is 2. The zero-order valence-electron chi connectivity index (χ0n) is 14.1. The van der Waals surface area contributed by atoms with Crippen molar-refractivity contribution in [2.45, 2.75) is 44.9 Å². The summed E-state index contributed by atoms with van der Waals surface area (Å²) < 4.78 is 10.3. The van der Waals surface area contributed by atoms with Gasteiger partial charge in [-0.25, -0.2) is 9.59 Å². The molecule has 0 radical (unpaired) electrons. The van der Waals surface area contributed by atoms with Crippen molar-refractivity contribution >= 4 is 41.0 Å². The van der Waals surface area contributed by atoms with Crippen LogP contribution in [0.25, 0.3) is 0 Å². The molecule has 2 rings (SSSR count). The molecular weight excluding hydrogens is 371 g/mol. The fourth-order valence-corrected chi connectivity index (χ4v) is 3.44. The van der Waals surface area contributed by atoms with Crippen molar-refractivity contribution in [1.29, 1.82) is 0 Å². The Morgan fingerprint density at radius 2 is 2.04 bits per heavy atom. The van der Waals surface area contributed by atoms with Gasteiger partial charge in [0.1, 0.15) is 0 Å². The molecule has 1 aromatic rings. The van der Waals surface area contributed by atoms with Crippen molar-refractivity contribution < 1.29 is 24.2 Å². The molecule has 1 fully saturated rings. The van der Waals surface area contributed by atoms with Crippen LogP contribution in [0.5, 0.6) is 0 Å². The Bertz CT molecular complexity index is 686. The molecule has 9 heteroatoms. The van der Waals surface area contributed by atoms with Crippen LogP contribution in [0, 0.1) is 0 Å². The average molecular weight is 391 g/mol. The Balaban J connectivity index is 2.52. The third-order valence-corrected chi connectivity index (χ3v) is 4.70. The van der Waals surface area contributed by atoms with Crippen molar-refractivity contribution in [2.75, 3.05) is 11.6 Å². The largest absolute Gasteiger partial charge is 0.507 e. The van der Waals surface area contributed by atoms with Crippen LogP contribution in [-0.2, 0) is 14.3 Å². The molecule has 25 heavy (non-hydrogen) atoms. The molecule has 2 unspecified atom stereocenters. The number of benzene rings is 1. The van der Waals surface area contributed by atoms with Crippen LogP contribution in [0.1, 0.15) is 33.6 Å². The normalized spacial score (nSPS) is 25.7. The summed E-state index contributed by atoms with van der Waals surface area (Å²) in [6.45, 7) is 5.29. The third-order valence-electron chi connectivity index (χ3n) is 4.16. The van der Waals surface area contributed by atoms with E-state index in [1.807, 2.05) is 0 Å². The smallest absolute Gasteiger partial charge is 0.464 e. The second kappa shape index (κ2) is 7.27. The van der Waals surface area contributed by atoms with Crippen LogP contribution >= 0.6 is 23.2 Å². The van der Waals surface area contributed by atoms with Gasteiger partial charge in [-0.1, -0.05) is 30.1 Å². The van der Waals surface area contributed by atoms with Gasteiger partial charge >= 0.3 is 12.1 Å². The number of anilines is 1. The van der Waals surface area contributed by atoms with Gasteiger partial charge < -0.3 is 14.6 Å². The Morgan fingerprint density at radius 1 is 1.36 bits per heavy atom. The number of hydrogen-bond acceptors (Lipinski definition) is 6. The number of carbonyl (C=O) groups excluding carboxylic acids is 1. The second-order valence-corrected chi connectivity index (χ2v) is 6.77. The Labute approximate surface area is 155 Å². The lowest BCUT2D eigenvalue weighted by Crippen LogP contribution is -2.54. The van der Waals surface area contributed by atoms with Crippen molar-refractivity contribution in [2.24, 2.45) is 0 Å². The van der Waals surface area contributed by atoms with Gasteiger partial charge in [-0.3, -0.25) is 5.01 Å². The lowest BCUT2D eigenvalue weighted by Gasteiger charge is -2.34. The van der Waals surface area contributed by atoms with E-state index in [2.05, 4.69) is 5.43 Å². The maximum Gasteiger partial charge on any atom is 0.507 e. The summed E-state index contributed by atoms with van der Waals surface area (Å²) in [7, 11) is 0. The minimum absolute atomic E-state index is 0.0561. The molecule has 1 aliphatic heterocycles. The molecule has 138 valence electrons. The zero-order chi connectivity index (χ0) is 18.8. The van der Waals surface area contributed by atoms with E-state index < -0.39 is 23.4 Å². The van der Waals surface area contributed by atoms with E-state index in [1.54, 1.807) is 32.9 Å². The molecule has 0 saturated carbocycles. The summed E-state index contributed by atoms with van der Waals surface area (Å²) in [4.78, 5) is 23.8. The first kappa shape index (κ1) is 19.6. The highest BCUT2D eigenvalue weighted by molar-refractivity contribution is 6.36. The standard InChI is InChI=1S/C16H20Cl2N2O5/c1-4-16(25-14(22)23)9-15(3,13(21)24-5-2)20(19-16)12-7-6-10(17)8-11(12)18/h6-8,19H,4-5,9H2,1-3H3,(H,22,23). The molecule has 0 bridgehead atoms. The van der Waals surface area contributed by atoms with Crippen LogP contribution in [-0.4, -0.2) is 35.1 Å². The molecule has 2 atom stereocenters. The van der Waals surface area contributed by atoms with Gasteiger partial charge in [-0.15, -0.1) is 0 Å². The van der Waals surface area contributed by atoms with E-state index in [-0.39, 0.29) is 13.0 Å². The Morgan fingerprint density at radius 3 is 2.56 bits per heavy atom. The molecule has 1 aromatic carbocycles. The number of nitrogens with one attached hydrogen (secondary N) is 1. The maximum atomic E-state index is 12.6. The highest BCUT2D eigenvalue weighted by atomic mass is 35.5. The molecule has 1 saturated heterocycles. The van der Waals surface area contributed by atoms with E-state index in [0.29, 0.717) is 22.2 Å². The number of carboxylic acid groups (broad SMARTS) is 1. The first-order valence-electron chi connectivity index (χ1n) is 7.79. The van der Waals surface area contributed by atoms with Crippen LogP contribution in [0.15, 0.2) is 18.2 Å². The SMILES string of the molecule is CCOC(=O)C1(C)CC(CC)(OC(=O)O)NN1c1ccc(Cl)cc1Cl. The predicted octanol–water partition coefficient (Wildman–Crippen LogP) is 3.83. The number of nitrogens with zero attached hydrogens (tertiary/aromatic N) is 1.